The number of rotatable bonds is 8. The highest BCUT2D eigenvalue weighted by atomic mass is 19.4. The van der Waals surface area contributed by atoms with E-state index in [9.17, 15) is 35.9 Å². The molecule has 8 aromatic rings. The Morgan fingerprint density at radius 1 is 0.717 bits per heavy atom. The Morgan fingerprint density at radius 3 is 2.00 bits per heavy atom. The first-order chi connectivity index (χ1) is 28.6. The number of aryl methyl sites for hydroxylation is 2. The third-order valence-corrected chi connectivity index (χ3v) is 9.73. The lowest BCUT2D eigenvalue weighted by Crippen LogP contribution is -2.34. The molecule has 0 bridgehead atoms. The summed E-state index contributed by atoms with van der Waals surface area (Å²) in [4.78, 5) is 45.3. The Balaban J connectivity index is 1.14. The van der Waals surface area contributed by atoms with Crippen LogP contribution in [0, 0.1) is 20.8 Å². The Hall–Kier alpha value is -7.50. The number of fused-ring (bicyclic) bond motifs is 2. The zero-order valence-corrected chi connectivity index (χ0v) is 31.8. The summed E-state index contributed by atoms with van der Waals surface area (Å²) in [6, 6.07) is 19.5. The summed E-state index contributed by atoms with van der Waals surface area (Å²) in [7, 11) is 0. The van der Waals surface area contributed by atoms with Crippen molar-refractivity contribution in [2.24, 2.45) is 0 Å². The minimum atomic E-state index is -4.67. The zero-order valence-electron chi connectivity index (χ0n) is 31.8. The van der Waals surface area contributed by atoms with Crippen LogP contribution in [0.25, 0.3) is 33.8 Å². The van der Waals surface area contributed by atoms with Crippen molar-refractivity contribution in [3.8, 4) is 22.5 Å². The van der Waals surface area contributed by atoms with Gasteiger partial charge < -0.3 is 10.6 Å². The van der Waals surface area contributed by atoms with Gasteiger partial charge in [-0.3, -0.25) is 9.59 Å². The SMILES string of the molecule is Cc1ccc(NC(=O)c2c(C)n(Cc3ccnc(NC(=O)c4c(C)nn5ccc(-c6ccccc6C(F)(F)F)nc45)c3)[n+]3ccc(-c4ccccc4C(F)(F)F)nc23)nc1. The molecule has 0 aliphatic carbocycles. The molecule has 0 saturated carbocycles. The number of halogens is 6. The molecule has 12 nitrogen and oxygen atoms in total. The van der Waals surface area contributed by atoms with Crippen LogP contribution in [0.5, 0.6) is 0 Å². The van der Waals surface area contributed by atoms with Crippen LogP contribution in [0.2, 0.25) is 0 Å². The van der Waals surface area contributed by atoms with Crippen molar-refractivity contribution >= 4 is 34.7 Å². The molecule has 0 fully saturated rings. The third-order valence-electron chi connectivity index (χ3n) is 9.73. The van der Waals surface area contributed by atoms with E-state index in [0.29, 0.717) is 11.3 Å². The maximum atomic E-state index is 14.1. The van der Waals surface area contributed by atoms with Crippen molar-refractivity contribution in [2.45, 2.75) is 39.7 Å². The summed E-state index contributed by atoms with van der Waals surface area (Å²) in [6.07, 6.45) is -3.34. The molecule has 0 aliphatic rings. The predicted octanol–water partition coefficient (Wildman–Crippen LogP) is 8.30. The molecule has 2 amide bonds. The molecule has 0 atom stereocenters. The number of alkyl halides is 6. The molecule has 2 aromatic carbocycles. The van der Waals surface area contributed by atoms with E-state index in [0.717, 1.165) is 17.7 Å². The van der Waals surface area contributed by atoms with Crippen LogP contribution in [-0.4, -0.2) is 46.0 Å². The standard InChI is InChI=1S/C42H30F6N10O2/c1-23-12-13-33(50-21-23)53-40(60)36-25(3)58(57-19-16-32(52-38(36)57)28-9-5-7-11-30(28)42(46,47)48)22-26-14-17-49-34(20-26)54-39(59)35-24(2)55-56-18-15-31(51-37(35)56)27-8-4-6-10-29(27)41(43,44)45/h4-21H,22H2,1-3H3,(H-,49,50,53,54,59,60)/p+1. The molecule has 6 aromatic heterocycles. The molecular weight excluding hydrogens is 791 g/mol. The molecule has 60 heavy (non-hydrogen) atoms. The molecule has 8 rings (SSSR count). The van der Waals surface area contributed by atoms with E-state index >= 15 is 0 Å². The Bertz CT molecular complexity index is 2970. The van der Waals surface area contributed by atoms with Crippen molar-refractivity contribution in [3.63, 3.8) is 0 Å². The quantitative estimate of drug-likeness (QED) is 0.116. The van der Waals surface area contributed by atoms with Crippen molar-refractivity contribution in [1.29, 1.82) is 0 Å². The summed E-state index contributed by atoms with van der Waals surface area (Å²) in [6.45, 7) is 5.15. The van der Waals surface area contributed by atoms with Crippen molar-refractivity contribution < 1.29 is 40.4 Å². The van der Waals surface area contributed by atoms with Crippen LogP contribution in [0.15, 0.2) is 110 Å². The second kappa shape index (κ2) is 15.0. The van der Waals surface area contributed by atoms with Gasteiger partial charge in [-0.2, -0.15) is 31.4 Å². The van der Waals surface area contributed by atoms with Crippen LogP contribution >= 0.6 is 0 Å². The van der Waals surface area contributed by atoms with E-state index < -0.39 is 35.3 Å². The van der Waals surface area contributed by atoms with Gasteiger partial charge >= 0.3 is 18.0 Å². The van der Waals surface area contributed by atoms with E-state index in [2.05, 4.69) is 35.7 Å². The monoisotopic (exact) mass is 821 g/mol. The number of amides is 2. The number of anilines is 2. The Morgan fingerprint density at radius 2 is 1.35 bits per heavy atom. The molecule has 0 radical (unpaired) electrons. The van der Waals surface area contributed by atoms with Crippen molar-refractivity contribution in [3.05, 3.63) is 154 Å². The largest absolute Gasteiger partial charge is 0.417 e. The normalized spacial score (nSPS) is 11.9. The van der Waals surface area contributed by atoms with E-state index in [1.165, 1.54) is 71.6 Å². The highest BCUT2D eigenvalue weighted by molar-refractivity contribution is 6.09. The predicted molar refractivity (Wildman–Crippen MR) is 207 cm³/mol. The first-order valence-electron chi connectivity index (χ1n) is 18.2. The topological polar surface area (TPSA) is 136 Å². The second-order valence-electron chi connectivity index (χ2n) is 13.8. The van der Waals surface area contributed by atoms with Crippen LogP contribution in [0.4, 0.5) is 38.0 Å². The lowest BCUT2D eigenvalue weighted by molar-refractivity contribution is -0.611. The fraction of sp³-hybridized carbons (Fsp3) is 0.143. The van der Waals surface area contributed by atoms with Gasteiger partial charge in [0.1, 0.15) is 23.4 Å². The molecule has 2 N–H and O–H groups in total. The summed E-state index contributed by atoms with van der Waals surface area (Å²) < 4.78 is 88.3. The fourth-order valence-corrected chi connectivity index (χ4v) is 6.92. The van der Waals surface area contributed by atoms with Gasteiger partial charge in [0, 0.05) is 35.8 Å². The van der Waals surface area contributed by atoms with Gasteiger partial charge in [0.15, 0.2) is 16.9 Å². The van der Waals surface area contributed by atoms with Crippen LogP contribution in [0.1, 0.15) is 54.4 Å². The highest BCUT2D eigenvalue weighted by Gasteiger charge is 2.37. The summed E-state index contributed by atoms with van der Waals surface area (Å²) in [5.41, 5.74) is 0.207. The second-order valence-corrected chi connectivity index (χ2v) is 13.8. The lowest BCUT2D eigenvalue weighted by Gasteiger charge is -2.12. The molecule has 0 spiro atoms. The number of carbonyl (C=O) groups excluding carboxylic acids is 2. The number of hydrogen-bond donors (Lipinski definition) is 2. The number of aromatic nitrogens is 8. The number of pyridine rings is 2. The van der Waals surface area contributed by atoms with Crippen molar-refractivity contribution in [2.75, 3.05) is 10.6 Å². The molecule has 0 unspecified atom stereocenters. The number of nitrogens with one attached hydrogen (secondary N) is 2. The van der Waals surface area contributed by atoms with Crippen LogP contribution in [0.3, 0.4) is 0 Å². The summed E-state index contributed by atoms with van der Waals surface area (Å²) in [5.74, 6) is -0.902. The minimum absolute atomic E-state index is 0.00864. The first kappa shape index (κ1) is 39.3. The molecule has 0 aliphatic heterocycles. The molecule has 0 saturated heterocycles. The Kier molecular flexibility index (Phi) is 9.85. The van der Waals surface area contributed by atoms with Crippen LogP contribution < -0.4 is 15.1 Å². The molecule has 18 heteroatoms. The van der Waals surface area contributed by atoms with Crippen LogP contribution in [-0.2, 0) is 18.9 Å². The van der Waals surface area contributed by atoms with Gasteiger partial charge in [-0.05, 0) is 79.3 Å². The number of nitrogens with zero attached hydrogens (tertiary/aromatic N) is 8. The number of benzene rings is 2. The van der Waals surface area contributed by atoms with E-state index in [4.69, 9.17) is 0 Å². The maximum Gasteiger partial charge on any atom is 0.417 e. The first-order valence-corrected chi connectivity index (χ1v) is 18.2. The van der Waals surface area contributed by atoms with Gasteiger partial charge in [0.2, 0.25) is 0 Å². The van der Waals surface area contributed by atoms with Gasteiger partial charge in [0.05, 0.1) is 34.8 Å². The van der Waals surface area contributed by atoms with E-state index in [1.54, 1.807) is 53.5 Å². The average molecular weight is 822 g/mol. The van der Waals surface area contributed by atoms with Gasteiger partial charge in [-0.1, -0.05) is 36.4 Å². The van der Waals surface area contributed by atoms with Crippen molar-refractivity contribution in [1.82, 2.24) is 34.2 Å². The summed E-state index contributed by atoms with van der Waals surface area (Å²) >= 11 is 0. The molecule has 6 heterocycles. The zero-order chi connectivity index (χ0) is 42.5. The average Bonchev–Trinajstić information content (AvgIpc) is 3.69. The van der Waals surface area contributed by atoms with Gasteiger partial charge in [-0.15, -0.1) is 4.52 Å². The maximum absolute atomic E-state index is 14.1. The molecule has 302 valence electrons. The van der Waals surface area contributed by atoms with Gasteiger partial charge in [0.25, 0.3) is 11.8 Å². The fourth-order valence-electron chi connectivity index (χ4n) is 6.92. The van der Waals surface area contributed by atoms with E-state index in [1.807, 2.05) is 6.92 Å². The number of hydrogen-bond acceptors (Lipinski definition) is 7. The van der Waals surface area contributed by atoms with Gasteiger partial charge in [-0.25, -0.2) is 24.1 Å². The lowest BCUT2D eigenvalue weighted by atomic mass is 10.0. The highest BCUT2D eigenvalue weighted by Crippen LogP contribution is 2.38. The summed E-state index contributed by atoms with van der Waals surface area (Å²) in [5, 5.41) is 9.82. The molecular formula is C42H31F6N10O2+. The third kappa shape index (κ3) is 7.49. The smallest absolute Gasteiger partial charge is 0.306 e. The van der Waals surface area contributed by atoms with E-state index in [-0.39, 0.29) is 68.8 Å². The number of carbonyl (C=O) groups is 2. The Labute approximate surface area is 336 Å². The minimum Gasteiger partial charge on any atom is -0.306 e.